The average Bonchev–Trinajstić information content (AvgIpc) is 3.36. The zero-order valence-corrected chi connectivity index (χ0v) is 17.6. The number of imide groups is 1. The van der Waals surface area contributed by atoms with Gasteiger partial charge in [-0.1, -0.05) is 26.0 Å². The predicted molar refractivity (Wildman–Crippen MR) is 109 cm³/mol. The fraction of sp³-hybridized carbons (Fsp3) is 0.565. The zero-order valence-electron chi connectivity index (χ0n) is 17.6. The number of rotatable bonds is 6. The number of amides is 3. The molecule has 1 heterocycles. The Kier molecular flexibility index (Phi) is 5.38. The first-order valence-electron chi connectivity index (χ1n) is 10.7. The summed E-state index contributed by atoms with van der Waals surface area (Å²) in [5, 5.41) is 2.68. The van der Waals surface area contributed by atoms with Crippen molar-refractivity contribution in [3.05, 3.63) is 29.8 Å². The minimum absolute atomic E-state index is 0.239. The van der Waals surface area contributed by atoms with E-state index >= 15 is 0 Å². The number of carbonyl (C=O) groups excluding carboxylic acids is 4. The van der Waals surface area contributed by atoms with Crippen LogP contribution in [-0.2, 0) is 23.9 Å². The number of ether oxygens (including phenoxy) is 1. The Morgan fingerprint density at radius 1 is 1.13 bits per heavy atom. The summed E-state index contributed by atoms with van der Waals surface area (Å²) in [6.07, 6.45) is 2.90. The van der Waals surface area contributed by atoms with Crippen molar-refractivity contribution in [1.29, 1.82) is 0 Å². The highest BCUT2D eigenvalue weighted by Gasteiger charge is 2.62. The fourth-order valence-electron chi connectivity index (χ4n) is 5.52. The Morgan fingerprint density at radius 2 is 1.77 bits per heavy atom. The molecule has 0 aromatic heterocycles. The van der Waals surface area contributed by atoms with Gasteiger partial charge in [0.25, 0.3) is 5.91 Å². The van der Waals surface area contributed by atoms with Crippen molar-refractivity contribution in [1.82, 2.24) is 4.90 Å². The summed E-state index contributed by atoms with van der Waals surface area (Å²) in [5.41, 5.74) is 1.61. The van der Waals surface area contributed by atoms with E-state index in [1.165, 1.54) is 0 Å². The number of carbonyl (C=O) groups is 4. The summed E-state index contributed by atoms with van der Waals surface area (Å²) in [6, 6.07) is 6.29. The number of anilines is 1. The maximum atomic E-state index is 13.1. The van der Waals surface area contributed by atoms with Gasteiger partial charge in [-0.15, -0.1) is 0 Å². The third-order valence-corrected chi connectivity index (χ3v) is 6.76. The minimum atomic E-state index is -0.998. The average molecular weight is 412 g/mol. The van der Waals surface area contributed by atoms with Gasteiger partial charge >= 0.3 is 5.97 Å². The predicted octanol–water partition coefficient (Wildman–Crippen LogP) is 2.53. The van der Waals surface area contributed by atoms with Gasteiger partial charge in [-0.25, -0.2) is 4.79 Å². The molecule has 2 aliphatic carbocycles. The number of aryl methyl sites for hydroxylation is 1. The number of fused-ring (bicyclic) bond motifs is 5. The van der Waals surface area contributed by atoms with Crippen LogP contribution in [0.1, 0.15) is 38.7 Å². The smallest absolute Gasteiger partial charge is 0.330 e. The van der Waals surface area contributed by atoms with Crippen LogP contribution < -0.4 is 5.32 Å². The van der Waals surface area contributed by atoms with Crippen LogP contribution in [0.2, 0.25) is 0 Å². The molecule has 1 aromatic rings. The van der Waals surface area contributed by atoms with Crippen LogP contribution in [0.4, 0.5) is 5.69 Å². The lowest BCUT2D eigenvalue weighted by Crippen LogP contribution is -2.50. The third kappa shape index (κ3) is 3.50. The fourth-order valence-corrected chi connectivity index (χ4v) is 5.52. The Hall–Kier alpha value is -2.70. The van der Waals surface area contributed by atoms with E-state index in [9.17, 15) is 19.2 Å². The number of nitrogens with zero attached hydrogens (tertiary/aromatic N) is 1. The number of hydrogen-bond acceptors (Lipinski definition) is 5. The van der Waals surface area contributed by atoms with Crippen LogP contribution in [0.3, 0.4) is 0 Å². The van der Waals surface area contributed by atoms with Gasteiger partial charge in [0.05, 0.1) is 11.8 Å². The summed E-state index contributed by atoms with van der Waals surface area (Å²) in [7, 11) is 0. The van der Waals surface area contributed by atoms with Gasteiger partial charge in [0.15, 0.2) is 6.61 Å². The van der Waals surface area contributed by atoms with E-state index in [0.29, 0.717) is 5.69 Å². The Morgan fingerprint density at radius 3 is 2.33 bits per heavy atom. The molecule has 1 N–H and O–H groups in total. The maximum Gasteiger partial charge on any atom is 0.330 e. The van der Waals surface area contributed by atoms with Crippen molar-refractivity contribution in [2.24, 2.45) is 29.6 Å². The van der Waals surface area contributed by atoms with Crippen molar-refractivity contribution in [2.75, 3.05) is 11.9 Å². The molecule has 160 valence electrons. The van der Waals surface area contributed by atoms with Crippen molar-refractivity contribution in [3.8, 4) is 0 Å². The van der Waals surface area contributed by atoms with Crippen molar-refractivity contribution < 1.29 is 23.9 Å². The summed E-state index contributed by atoms with van der Waals surface area (Å²) < 4.78 is 5.23. The van der Waals surface area contributed by atoms with E-state index < -0.39 is 24.5 Å². The molecule has 4 rings (SSSR count). The first-order valence-corrected chi connectivity index (χ1v) is 10.7. The topological polar surface area (TPSA) is 92.8 Å². The van der Waals surface area contributed by atoms with Gasteiger partial charge < -0.3 is 10.1 Å². The quantitative estimate of drug-likeness (QED) is 0.573. The first-order chi connectivity index (χ1) is 14.3. The molecule has 3 aliphatic rings. The molecule has 0 spiro atoms. The van der Waals surface area contributed by atoms with E-state index in [0.717, 1.165) is 29.7 Å². The molecule has 2 saturated carbocycles. The lowest BCUT2D eigenvalue weighted by atomic mass is 9.81. The second kappa shape index (κ2) is 7.85. The van der Waals surface area contributed by atoms with Gasteiger partial charge in [-0.3, -0.25) is 19.3 Å². The van der Waals surface area contributed by atoms with E-state index in [4.69, 9.17) is 4.74 Å². The summed E-state index contributed by atoms with van der Waals surface area (Å²) in [5.74, 6) is -2.01. The van der Waals surface area contributed by atoms with Crippen molar-refractivity contribution in [3.63, 3.8) is 0 Å². The van der Waals surface area contributed by atoms with Crippen LogP contribution in [0.15, 0.2) is 24.3 Å². The van der Waals surface area contributed by atoms with Crippen LogP contribution in [0, 0.1) is 36.5 Å². The van der Waals surface area contributed by atoms with Crippen LogP contribution in [0.25, 0.3) is 0 Å². The van der Waals surface area contributed by atoms with E-state index in [2.05, 4.69) is 5.32 Å². The molecular formula is C23H28N2O5. The largest absolute Gasteiger partial charge is 0.454 e. The number of hydrogen-bond donors (Lipinski definition) is 1. The van der Waals surface area contributed by atoms with Gasteiger partial charge in [-0.2, -0.15) is 0 Å². The van der Waals surface area contributed by atoms with Crippen molar-refractivity contribution in [2.45, 2.75) is 46.1 Å². The molecule has 7 heteroatoms. The standard InChI is InChI=1S/C23H28N2O5/c1-12(2)20(23(29)30-11-17(26)24-16-6-4-5-13(3)9-16)25-21(27)18-14-7-8-15(10-14)19(18)22(25)28/h4-6,9,12,14-15,18-20H,7-8,10-11H2,1-3H3,(H,24,26)/t14-,15-,18-,19+,20-/m0/s1. The molecule has 30 heavy (non-hydrogen) atoms. The Balaban J connectivity index is 1.42. The molecule has 0 radical (unpaired) electrons. The minimum Gasteiger partial charge on any atom is -0.454 e. The molecule has 1 saturated heterocycles. The third-order valence-electron chi connectivity index (χ3n) is 6.76. The second-order valence-electron chi connectivity index (χ2n) is 9.15. The SMILES string of the molecule is Cc1cccc(NC(=O)COC(=O)[C@H](C(C)C)N2C(=O)[C@@H]3[C@H]4CC[C@@H](C4)[C@@H]3C2=O)c1. The van der Waals surface area contributed by atoms with E-state index in [-0.39, 0.29) is 41.4 Å². The molecular weight excluding hydrogens is 384 g/mol. The number of likely N-dealkylation sites (tertiary alicyclic amines) is 1. The molecule has 1 aromatic carbocycles. The second-order valence-corrected chi connectivity index (χ2v) is 9.15. The summed E-state index contributed by atoms with van der Waals surface area (Å²) >= 11 is 0. The molecule has 7 nitrogen and oxygen atoms in total. The lowest BCUT2D eigenvalue weighted by molar-refractivity contribution is -0.162. The molecule has 3 fully saturated rings. The van der Waals surface area contributed by atoms with Gasteiger partial charge in [0.2, 0.25) is 11.8 Å². The molecule has 2 bridgehead atoms. The number of esters is 1. The maximum absolute atomic E-state index is 13.1. The van der Waals surface area contributed by atoms with Crippen molar-refractivity contribution >= 4 is 29.4 Å². The van der Waals surface area contributed by atoms with Crippen LogP contribution >= 0.6 is 0 Å². The molecule has 3 amide bonds. The normalized spacial score (nSPS) is 28.1. The Labute approximate surface area is 176 Å². The van der Waals surface area contributed by atoms with Crippen LogP contribution in [0.5, 0.6) is 0 Å². The number of nitrogens with one attached hydrogen (secondary N) is 1. The first kappa shape index (κ1) is 20.6. The van der Waals surface area contributed by atoms with Gasteiger partial charge in [0.1, 0.15) is 6.04 Å². The highest BCUT2D eigenvalue weighted by molar-refractivity contribution is 6.08. The van der Waals surface area contributed by atoms with E-state index in [1.807, 2.05) is 25.1 Å². The Bertz CT molecular complexity index is 867. The van der Waals surface area contributed by atoms with Gasteiger partial charge in [0, 0.05) is 5.69 Å². The highest BCUT2D eigenvalue weighted by Crippen LogP contribution is 2.56. The monoisotopic (exact) mass is 412 g/mol. The molecule has 5 atom stereocenters. The van der Waals surface area contributed by atoms with Crippen LogP contribution in [-0.4, -0.2) is 41.2 Å². The highest BCUT2D eigenvalue weighted by atomic mass is 16.5. The lowest BCUT2D eigenvalue weighted by Gasteiger charge is -2.28. The number of benzene rings is 1. The molecule has 0 unspecified atom stereocenters. The summed E-state index contributed by atoms with van der Waals surface area (Å²) in [4.78, 5) is 52.3. The molecule has 1 aliphatic heterocycles. The summed E-state index contributed by atoms with van der Waals surface area (Å²) in [6.45, 7) is 5.00. The van der Waals surface area contributed by atoms with Gasteiger partial charge in [-0.05, 0) is 61.6 Å². The zero-order chi connectivity index (χ0) is 21.6. The van der Waals surface area contributed by atoms with E-state index in [1.54, 1.807) is 19.9 Å².